The van der Waals surface area contributed by atoms with Gasteiger partial charge in [0.1, 0.15) is 0 Å². The molecule has 2 aromatic carbocycles. The zero-order valence-electron chi connectivity index (χ0n) is 12.7. The van der Waals surface area contributed by atoms with Gasteiger partial charge in [0, 0.05) is 17.6 Å². The van der Waals surface area contributed by atoms with Gasteiger partial charge >= 0.3 is 0 Å². The normalized spacial score (nSPS) is 18.4. The Labute approximate surface area is 135 Å². The maximum Gasteiger partial charge on any atom is 0.0697 e. The molecule has 0 radical (unpaired) electrons. The molecule has 21 heavy (non-hydrogen) atoms. The zero-order valence-corrected chi connectivity index (χ0v) is 14.2. The van der Waals surface area contributed by atoms with Crippen LogP contribution in [0.2, 0.25) is 0 Å². The number of halogens is 1. The van der Waals surface area contributed by atoms with Gasteiger partial charge in [0.2, 0.25) is 0 Å². The molecule has 112 valence electrons. The monoisotopic (exact) mass is 347 g/mol. The molecule has 0 aromatic heterocycles. The number of nitrogens with one attached hydrogen (secondary N) is 1. The number of hydrogen-bond acceptors (Lipinski definition) is 2. The molecular weight excluding hydrogens is 326 g/mol. The molecule has 1 fully saturated rings. The van der Waals surface area contributed by atoms with E-state index in [0.29, 0.717) is 6.04 Å². The summed E-state index contributed by atoms with van der Waals surface area (Å²) in [6.07, 6.45) is 4.67. The van der Waals surface area contributed by atoms with Crippen LogP contribution in [0.5, 0.6) is 0 Å². The fraction of sp³-hybridized carbons (Fsp3) is 0.444. The van der Waals surface area contributed by atoms with Gasteiger partial charge in [-0.25, -0.2) is 0 Å². The van der Waals surface area contributed by atoms with Crippen molar-refractivity contribution >= 4 is 26.7 Å². The van der Waals surface area contributed by atoms with E-state index >= 15 is 0 Å². The second kappa shape index (κ2) is 6.07. The molecule has 0 heterocycles. The highest BCUT2D eigenvalue weighted by molar-refractivity contribution is 9.10. The molecule has 3 rings (SSSR count). The molecule has 1 aliphatic carbocycles. The molecule has 0 saturated heterocycles. The van der Waals surface area contributed by atoms with Gasteiger partial charge in [0.05, 0.1) is 5.60 Å². The Hall–Kier alpha value is -0.900. The molecule has 0 bridgehead atoms. The highest BCUT2D eigenvalue weighted by atomic mass is 79.9. The van der Waals surface area contributed by atoms with Crippen molar-refractivity contribution < 1.29 is 4.74 Å². The Morgan fingerprint density at radius 3 is 2.48 bits per heavy atom. The Morgan fingerprint density at radius 2 is 1.90 bits per heavy atom. The third-order valence-electron chi connectivity index (χ3n) is 4.90. The molecule has 0 amide bonds. The van der Waals surface area contributed by atoms with Crippen LogP contribution >= 0.6 is 15.9 Å². The molecule has 0 spiro atoms. The average molecular weight is 348 g/mol. The summed E-state index contributed by atoms with van der Waals surface area (Å²) < 4.78 is 6.97. The van der Waals surface area contributed by atoms with Crippen molar-refractivity contribution in [1.29, 1.82) is 0 Å². The van der Waals surface area contributed by atoms with Crippen molar-refractivity contribution in [2.75, 3.05) is 14.2 Å². The number of hydrogen-bond donors (Lipinski definition) is 1. The van der Waals surface area contributed by atoms with E-state index in [1.165, 1.54) is 35.6 Å². The average Bonchev–Trinajstić information content (AvgIpc) is 2.49. The summed E-state index contributed by atoms with van der Waals surface area (Å²) in [5, 5.41) is 6.08. The van der Waals surface area contributed by atoms with Gasteiger partial charge in [0.25, 0.3) is 0 Å². The van der Waals surface area contributed by atoms with Crippen LogP contribution in [0.3, 0.4) is 0 Å². The van der Waals surface area contributed by atoms with Crippen molar-refractivity contribution in [3.63, 3.8) is 0 Å². The number of methoxy groups -OCH3 is 1. The summed E-state index contributed by atoms with van der Waals surface area (Å²) in [4.78, 5) is 0. The first-order valence-corrected chi connectivity index (χ1v) is 8.38. The first-order chi connectivity index (χ1) is 10.2. The van der Waals surface area contributed by atoms with Gasteiger partial charge in [0.15, 0.2) is 0 Å². The lowest BCUT2D eigenvalue weighted by Gasteiger charge is -2.43. The largest absolute Gasteiger partial charge is 0.378 e. The number of rotatable bonds is 5. The first kappa shape index (κ1) is 15.0. The molecule has 2 aromatic rings. The third kappa shape index (κ3) is 2.75. The van der Waals surface area contributed by atoms with E-state index in [1.807, 2.05) is 14.2 Å². The first-order valence-electron chi connectivity index (χ1n) is 7.59. The predicted molar refractivity (Wildman–Crippen MR) is 91.7 cm³/mol. The zero-order chi connectivity index (χ0) is 14.9. The fourth-order valence-electron chi connectivity index (χ4n) is 3.39. The van der Waals surface area contributed by atoms with Gasteiger partial charge in [-0.3, -0.25) is 0 Å². The van der Waals surface area contributed by atoms with Crippen molar-refractivity contribution in [2.24, 2.45) is 0 Å². The van der Waals surface area contributed by atoms with Crippen molar-refractivity contribution in [2.45, 2.75) is 37.3 Å². The molecule has 0 aliphatic heterocycles. The number of benzene rings is 2. The lowest BCUT2D eigenvalue weighted by molar-refractivity contribution is -0.0833. The molecular formula is C18H22BrNO. The molecule has 1 saturated carbocycles. The van der Waals surface area contributed by atoms with E-state index in [-0.39, 0.29) is 5.60 Å². The van der Waals surface area contributed by atoms with Crippen LogP contribution in [0.15, 0.2) is 40.9 Å². The molecule has 1 unspecified atom stereocenters. The van der Waals surface area contributed by atoms with Gasteiger partial charge in [-0.15, -0.1) is 0 Å². The Morgan fingerprint density at radius 1 is 1.19 bits per heavy atom. The summed E-state index contributed by atoms with van der Waals surface area (Å²) in [7, 11) is 3.90. The van der Waals surface area contributed by atoms with Crippen LogP contribution in [0, 0.1) is 0 Å². The minimum atomic E-state index is 0.0713. The maximum absolute atomic E-state index is 5.81. The lowest BCUT2D eigenvalue weighted by atomic mass is 9.74. The van der Waals surface area contributed by atoms with E-state index in [1.54, 1.807) is 0 Å². The quantitative estimate of drug-likeness (QED) is 0.836. The Bertz CT molecular complexity index is 631. The van der Waals surface area contributed by atoms with E-state index < -0.39 is 0 Å². The van der Waals surface area contributed by atoms with Crippen molar-refractivity contribution in [3.8, 4) is 0 Å². The summed E-state index contributed by atoms with van der Waals surface area (Å²) in [5.41, 5.74) is 1.43. The predicted octanol–water partition coefficient (Wildman–Crippen LogP) is 4.82. The van der Waals surface area contributed by atoms with E-state index in [4.69, 9.17) is 4.74 Å². The number of fused-ring (bicyclic) bond motifs is 1. The minimum absolute atomic E-state index is 0.0713. The Balaban J connectivity index is 1.99. The van der Waals surface area contributed by atoms with Crippen LogP contribution < -0.4 is 5.32 Å². The molecule has 1 N–H and O–H groups in total. The van der Waals surface area contributed by atoms with E-state index in [9.17, 15) is 0 Å². The molecule has 1 atom stereocenters. The van der Waals surface area contributed by atoms with Crippen LogP contribution in [0.25, 0.3) is 10.8 Å². The highest BCUT2D eigenvalue weighted by Gasteiger charge is 2.39. The van der Waals surface area contributed by atoms with Crippen LogP contribution in [0.1, 0.15) is 37.3 Å². The van der Waals surface area contributed by atoms with E-state index in [0.717, 1.165) is 10.9 Å². The van der Waals surface area contributed by atoms with Crippen LogP contribution in [-0.2, 0) is 4.74 Å². The van der Waals surface area contributed by atoms with Gasteiger partial charge < -0.3 is 10.1 Å². The maximum atomic E-state index is 5.81. The Kier molecular flexibility index (Phi) is 4.34. The van der Waals surface area contributed by atoms with Gasteiger partial charge in [-0.1, -0.05) is 46.3 Å². The summed E-state index contributed by atoms with van der Waals surface area (Å²) in [6, 6.07) is 13.3. The summed E-state index contributed by atoms with van der Waals surface area (Å²) in [6.45, 7) is 0. The van der Waals surface area contributed by atoms with Crippen LogP contribution in [0.4, 0.5) is 0 Å². The van der Waals surface area contributed by atoms with Crippen molar-refractivity contribution in [1.82, 2.24) is 5.32 Å². The third-order valence-corrected chi connectivity index (χ3v) is 5.59. The summed E-state index contributed by atoms with van der Waals surface area (Å²) >= 11 is 3.66. The van der Waals surface area contributed by atoms with Gasteiger partial charge in [-0.2, -0.15) is 0 Å². The second-order valence-electron chi connectivity index (χ2n) is 5.97. The molecule has 1 aliphatic rings. The van der Waals surface area contributed by atoms with Crippen molar-refractivity contribution in [3.05, 3.63) is 46.4 Å². The number of ether oxygens (including phenoxy) is 1. The molecule has 3 heteroatoms. The highest BCUT2D eigenvalue weighted by Crippen LogP contribution is 2.43. The summed E-state index contributed by atoms with van der Waals surface area (Å²) in [5.74, 6) is 0. The smallest absolute Gasteiger partial charge is 0.0697 e. The van der Waals surface area contributed by atoms with Crippen LogP contribution in [-0.4, -0.2) is 19.8 Å². The fourth-order valence-corrected chi connectivity index (χ4v) is 3.87. The SMILES string of the molecule is CNC(CC1(OC)CCC1)c1ccc(Br)c2ccccc12. The standard InChI is InChI=1S/C18H22BrNO/c1-20-17(12-18(21-2)10-5-11-18)15-8-9-16(19)14-7-4-3-6-13(14)15/h3-4,6-9,17,20H,5,10-12H2,1-2H3. The minimum Gasteiger partial charge on any atom is -0.378 e. The van der Waals surface area contributed by atoms with E-state index in [2.05, 4.69) is 57.6 Å². The lowest BCUT2D eigenvalue weighted by Crippen LogP contribution is -2.42. The van der Waals surface area contributed by atoms with Gasteiger partial charge in [-0.05, 0) is 55.1 Å². The molecule has 2 nitrogen and oxygen atoms in total. The topological polar surface area (TPSA) is 21.3 Å². The second-order valence-corrected chi connectivity index (χ2v) is 6.82.